The summed E-state index contributed by atoms with van der Waals surface area (Å²) in [5.41, 5.74) is 1.95. The lowest BCUT2D eigenvalue weighted by molar-refractivity contribution is -0.327. The molecule has 0 saturated carbocycles. The van der Waals surface area contributed by atoms with Crippen molar-refractivity contribution in [3.8, 4) is 11.1 Å². The van der Waals surface area contributed by atoms with E-state index in [2.05, 4.69) is 6.92 Å². The third-order valence-corrected chi connectivity index (χ3v) is 11.4. The molecule has 3 N–H and O–H groups in total. The van der Waals surface area contributed by atoms with E-state index in [1.165, 1.54) is 13.2 Å². The van der Waals surface area contributed by atoms with Crippen molar-refractivity contribution in [1.82, 2.24) is 0 Å². The van der Waals surface area contributed by atoms with Crippen molar-refractivity contribution in [2.24, 2.45) is 5.41 Å². The second kappa shape index (κ2) is 22.8. The van der Waals surface area contributed by atoms with Gasteiger partial charge in [0.25, 0.3) is 0 Å². The Morgan fingerprint density at radius 1 is 0.900 bits per heavy atom. The van der Waals surface area contributed by atoms with Crippen molar-refractivity contribution in [3.05, 3.63) is 84.0 Å². The highest BCUT2D eigenvalue weighted by Gasteiger charge is 2.57. The standard InChI is InChI=1S/C47H64O13/c1-5-6-7-8-12-15-41(50)59-45-35(27-42(51)54-4)26-38-29-39(31-48)57-43(52)28-36(49)21-24-55-40(34-18-16-33(17-19-34)32-13-10-9-11-14-32)30-37-22-25-56-44(58-37)20-23-46(2,3)47(45,53)60-38/h9-11,13-14,16-20,23,27,36-40,44-45,48-49,53H,5-8,12,15,21-22,24-26,28-31H2,1-4H3/b23-20+,35-27+/t36-,37+,38+,39?,40+,44+,45+,47-/m1/s1. The molecule has 0 aromatic heterocycles. The number of cyclic esters (lactones) is 1. The van der Waals surface area contributed by atoms with Gasteiger partial charge in [0.2, 0.25) is 5.79 Å². The number of methoxy groups -OCH3 is 1. The average molecular weight is 837 g/mol. The Bertz CT molecular complexity index is 1720. The van der Waals surface area contributed by atoms with Gasteiger partial charge in [0.15, 0.2) is 12.4 Å². The molecule has 2 saturated heterocycles. The Kier molecular flexibility index (Phi) is 17.9. The third-order valence-electron chi connectivity index (χ3n) is 11.4. The van der Waals surface area contributed by atoms with Crippen molar-refractivity contribution in [3.63, 3.8) is 0 Å². The smallest absolute Gasteiger partial charge is 0.330 e. The second-order valence-electron chi connectivity index (χ2n) is 16.5. The normalized spacial score (nSPS) is 30.4. The molecule has 1 unspecified atom stereocenters. The second-order valence-corrected chi connectivity index (χ2v) is 16.5. The van der Waals surface area contributed by atoms with Gasteiger partial charge in [0, 0.05) is 37.4 Å². The zero-order chi connectivity index (χ0) is 43.1. The topological polar surface area (TPSA) is 177 Å². The molecule has 3 aliphatic heterocycles. The number of carbonyl (C=O) groups excluding carboxylic acids is 3. The predicted molar refractivity (Wildman–Crippen MR) is 222 cm³/mol. The molecule has 2 aromatic carbocycles. The number of ether oxygens (including phenoxy) is 7. The van der Waals surface area contributed by atoms with E-state index in [0.29, 0.717) is 25.9 Å². The van der Waals surface area contributed by atoms with Gasteiger partial charge in [-0.15, -0.1) is 0 Å². The lowest BCUT2D eigenvalue weighted by atomic mass is 9.74. The van der Waals surface area contributed by atoms with E-state index < -0.39 is 72.5 Å². The molecule has 3 heterocycles. The molecule has 8 atom stereocenters. The quantitative estimate of drug-likeness (QED) is 0.0708. The SMILES string of the molecule is CCCCCCCC(=O)O[C@H]1/C(=C/C(=O)OC)C[C@H]2CC(CO)OC(=O)C[C@H](O)CCO[C@H](c3ccc(-c4ccccc4)cc3)C[C@@H]3CCO[C@H](/C=C/C(C)(C)[C@]1(O)O2)O3. The Hall–Kier alpha value is -3.95. The lowest BCUT2D eigenvalue weighted by Gasteiger charge is -2.51. The van der Waals surface area contributed by atoms with Gasteiger partial charge in [-0.05, 0) is 54.0 Å². The van der Waals surface area contributed by atoms with E-state index in [1.807, 2.05) is 54.6 Å². The van der Waals surface area contributed by atoms with Gasteiger partial charge in [-0.1, -0.05) is 107 Å². The maximum absolute atomic E-state index is 13.4. The van der Waals surface area contributed by atoms with Crippen molar-refractivity contribution < 1.29 is 62.9 Å². The molecular formula is C47H64O13. The van der Waals surface area contributed by atoms with Crippen molar-refractivity contribution in [1.29, 1.82) is 0 Å². The summed E-state index contributed by atoms with van der Waals surface area (Å²) >= 11 is 0. The number of hydrogen-bond acceptors (Lipinski definition) is 13. The van der Waals surface area contributed by atoms with Crippen molar-refractivity contribution >= 4 is 17.9 Å². The van der Waals surface area contributed by atoms with Crippen LogP contribution in [0.3, 0.4) is 0 Å². The van der Waals surface area contributed by atoms with E-state index in [1.54, 1.807) is 26.0 Å². The highest BCUT2D eigenvalue weighted by atomic mass is 16.7. The van der Waals surface area contributed by atoms with E-state index in [0.717, 1.165) is 42.4 Å². The van der Waals surface area contributed by atoms with Gasteiger partial charge >= 0.3 is 17.9 Å². The molecule has 60 heavy (non-hydrogen) atoms. The first-order valence-corrected chi connectivity index (χ1v) is 21.4. The summed E-state index contributed by atoms with van der Waals surface area (Å²) in [6, 6.07) is 18.2. The first kappa shape index (κ1) is 47.1. The highest BCUT2D eigenvalue weighted by Crippen LogP contribution is 2.47. The molecule has 330 valence electrons. The summed E-state index contributed by atoms with van der Waals surface area (Å²) in [4.78, 5) is 39.3. The number of fused-ring (bicyclic) bond motifs is 4. The van der Waals surface area contributed by atoms with Crippen LogP contribution in [-0.2, 0) is 47.5 Å². The van der Waals surface area contributed by atoms with Gasteiger partial charge in [-0.2, -0.15) is 0 Å². The number of aliphatic hydroxyl groups is 3. The Morgan fingerprint density at radius 3 is 2.33 bits per heavy atom. The van der Waals surface area contributed by atoms with Crippen LogP contribution < -0.4 is 0 Å². The zero-order valence-electron chi connectivity index (χ0n) is 35.5. The minimum Gasteiger partial charge on any atom is -0.466 e. The minimum absolute atomic E-state index is 0.0215. The fourth-order valence-electron chi connectivity index (χ4n) is 7.88. The van der Waals surface area contributed by atoms with Gasteiger partial charge in [-0.25, -0.2) is 4.79 Å². The van der Waals surface area contributed by atoms with E-state index in [9.17, 15) is 29.7 Å². The molecule has 13 heteroatoms. The van der Waals surface area contributed by atoms with Crippen molar-refractivity contribution in [2.45, 2.75) is 147 Å². The molecule has 0 spiro atoms. The van der Waals surface area contributed by atoms with Crippen LogP contribution in [0.5, 0.6) is 0 Å². The minimum atomic E-state index is -2.29. The molecule has 13 nitrogen and oxygen atoms in total. The third kappa shape index (κ3) is 13.3. The number of rotatable bonds is 11. The van der Waals surface area contributed by atoms with E-state index in [4.69, 9.17) is 33.2 Å². The summed E-state index contributed by atoms with van der Waals surface area (Å²) in [5, 5.41) is 34.0. The summed E-state index contributed by atoms with van der Waals surface area (Å²) in [5.74, 6) is -4.32. The first-order chi connectivity index (χ1) is 28.8. The van der Waals surface area contributed by atoms with E-state index in [-0.39, 0.29) is 50.4 Å². The van der Waals surface area contributed by atoms with Crippen LogP contribution in [0.25, 0.3) is 11.1 Å². The summed E-state index contributed by atoms with van der Waals surface area (Å²) in [6.45, 7) is 5.47. The molecular weight excluding hydrogens is 773 g/mol. The van der Waals surface area contributed by atoms with Gasteiger partial charge in [0.1, 0.15) is 6.10 Å². The summed E-state index contributed by atoms with van der Waals surface area (Å²) in [6.07, 6.45) is 3.81. The number of carbonyl (C=O) groups is 3. The zero-order valence-corrected chi connectivity index (χ0v) is 35.5. The molecule has 4 bridgehead atoms. The lowest BCUT2D eigenvalue weighted by Crippen LogP contribution is -2.62. The highest BCUT2D eigenvalue weighted by molar-refractivity contribution is 5.83. The predicted octanol–water partition coefficient (Wildman–Crippen LogP) is 6.81. The Labute approximate surface area is 354 Å². The molecule has 0 radical (unpaired) electrons. The number of unbranched alkanes of at least 4 members (excludes halogenated alkanes) is 4. The van der Waals surface area contributed by atoms with E-state index >= 15 is 0 Å². The summed E-state index contributed by atoms with van der Waals surface area (Å²) in [7, 11) is 1.22. The number of benzene rings is 2. The number of esters is 3. The Morgan fingerprint density at radius 2 is 1.62 bits per heavy atom. The molecule has 3 aliphatic rings. The molecule has 5 rings (SSSR count). The van der Waals surface area contributed by atoms with Crippen LogP contribution in [0.2, 0.25) is 0 Å². The monoisotopic (exact) mass is 836 g/mol. The first-order valence-electron chi connectivity index (χ1n) is 21.4. The van der Waals surface area contributed by atoms with Crippen LogP contribution in [0.15, 0.2) is 78.4 Å². The molecule has 0 amide bonds. The number of hydrogen-bond donors (Lipinski definition) is 3. The fourth-order valence-corrected chi connectivity index (χ4v) is 7.88. The van der Waals surface area contributed by atoms with Gasteiger partial charge in [-0.3, -0.25) is 9.59 Å². The number of aliphatic hydroxyl groups excluding tert-OH is 2. The van der Waals surface area contributed by atoms with Crippen LogP contribution in [0, 0.1) is 5.41 Å². The maximum Gasteiger partial charge on any atom is 0.330 e. The van der Waals surface area contributed by atoms with Crippen LogP contribution in [0.1, 0.15) is 109 Å². The van der Waals surface area contributed by atoms with Gasteiger partial charge < -0.3 is 48.5 Å². The van der Waals surface area contributed by atoms with Crippen LogP contribution in [0.4, 0.5) is 0 Å². The van der Waals surface area contributed by atoms with Crippen molar-refractivity contribution in [2.75, 3.05) is 26.9 Å². The van der Waals surface area contributed by atoms with Gasteiger partial charge in [0.05, 0.1) is 51.2 Å². The molecule has 2 aromatic rings. The van der Waals surface area contributed by atoms with Crippen LogP contribution >= 0.6 is 0 Å². The van der Waals surface area contributed by atoms with Crippen LogP contribution in [-0.4, -0.2) is 103 Å². The molecule has 2 fully saturated rings. The summed E-state index contributed by atoms with van der Waals surface area (Å²) < 4.78 is 41.9. The maximum atomic E-state index is 13.4. The fraction of sp³-hybridized carbons (Fsp3) is 0.596. The largest absolute Gasteiger partial charge is 0.466 e. The average Bonchev–Trinajstić information content (AvgIpc) is 3.23. The Balaban J connectivity index is 1.46. The molecule has 0 aliphatic carbocycles.